The maximum atomic E-state index is 10.1. The van der Waals surface area contributed by atoms with Gasteiger partial charge in [-0.05, 0) is 32.8 Å². The first-order valence-electron chi connectivity index (χ1n) is 10.7. The molecule has 0 fully saturated rings. The molecule has 4 aromatic rings. The van der Waals surface area contributed by atoms with Gasteiger partial charge in [0.15, 0.2) is 5.82 Å². The molecular weight excluding hydrogens is 456 g/mol. The molecule has 34 heavy (non-hydrogen) atoms. The first kappa shape index (κ1) is 23.6. The molecule has 0 saturated heterocycles. The summed E-state index contributed by atoms with van der Waals surface area (Å²) in [5.41, 5.74) is 13.7. The molecule has 0 radical (unpaired) electrons. The lowest BCUT2D eigenvalue weighted by atomic mass is 10.1. The summed E-state index contributed by atoms with van der Waals surface area (Å²) < 4.78 is 13.1. The number of nitrogens with zero attached hydrogens (tertiary/aromatic N) is 4. The second kappa shape index (κ2) is 9.35. The average molecular weight is 481 g/mol. The quantitative estimate of drug-likeness (QED) is 0.356. The summed E-state index contributed by atoms with van der Waals surface area (Å²) in [4.78, 5) is 9.32. The van der Waals surface area contributed by atoms with E-state index in [1.165, 1.54) is 6.26 Å². The molecule has 0 aliphatic carbocycles. The molecular formula is C24H25ClN6O3. The third-order valence-corrected chi connectivity index (χ3v) is 5.43. The molecule has 0 amide bonds. The van der Waals surface area contributed by atoms with Crippen LogP contribution in [0.15, 0.2) is 41.1 Å². The number of aromatic nitrogens is 4. The number of pyridine rings is 1. The highest BCUT2D eigenvalue weighted by atomic mass is 35.5. The van der Waals surface area contributed by atoms with Gasteiger partial charge in [0.1, 0.15) is 40.6 Å². The molecule has 5 N–H and O–H groups in total. The van der Waals surface area contributed by atoms with Crippen molar-refractivity contribution in [3.8, 4) is 29.1 Å². The molecule has 4 rings (SSSR count). The van der Waals surface area contributed by atoms with Crippen molar-refractivity contribution in [3.63, 3.8) is 0 Å². The molecule has 0 aliphatic rings. The predicted molar refractivity (Wildman–Crippen MR) is 130 cm³/mol. The van der Waals surface area contributed by atoms with Crippen LogP contribution in [0.3, 0.4) is 0 Å². The van der Waals surface area contributed by atoms with Crippen LogP contribution in [-0.4, -0.2) is 36.9 Å². The van der Waals surface area contributed by atoms with Gasteiger partial charge in [-0.3, -0.25) is 0 Å². The summed E-state index contributed by atoms with van der Waals surface area (Å²) in [5, 5.41) is 14.5. The number of benzene rings is 1. The van der Waals surface area contributed by atoms with Gasteiger partial charge in [-0.25, -0.2) is 9.97 Å². The van der Waals surface area contributed by atoms with Crippen LogP contribution in [0.2, 0.25) is 5.02 Å². The van der Waals surface area contributed by atoms with E-state index in [4.69, 9.17) is 37.3 Å². The monoisotopic (exact) mass is 480 g/mol. The highest BCUT2D eigenvalue weighted by Gasteiger charge is 2.22. The van der Waals surface area contributed by atoms with Crippen LogP contribution in [0, 0.1) is 11.8 Å². The fraction of sp³-hybridized carbons (Fsp3) is 0.292. The fourth-order valence-electron chi connectivity index (χ4n) is 3.52. The van der Waals surface area contributed by atoms with Crippen LogP contribution in [0.4, 0.5) is 5.82 Å². The number of aliphatic hydroxyl groups is 1. The van der Waals surface area contributed by atoms with Gasteiger partial charge in [0.05, 0.1) is 5.52 Å². The minimum absolute atomic E-state index is 0.184. The molecule has 1 aromatic carbocycles. The molecule has 0 spiro atoms. The lowest BCUT2D eigenvalue weighted by Gasteiger charge is -2.18. The minimum Gasteiger partial charge on any atom is -0.468 e. The normalized spacial score (nSPS) is 12.4. The Morgan fingerprint density at radius 1 is 1.29 bits per heavy atom. The Bertz CT molecular complexity index is 1390. The summed E-state index contributed by atoms with van der Waals surface area (Å²) in [6.45, 7) is 5.91. The molecule has 3 heterocycles. The third kappa shape index (κ3) is 4.70. The Morgan fingerprint density at radius 3 is 2.68 bits per heavy atom. The van der Waals surface area contributed by atoms with Crippen LogP contribution in [0.1, 0.15) is 38.1 Å². The van der Waals surface area contributed by atoms with Crippen molar-refractivity contribution in [1.82, 2.24) is 19.7 Å². The van der Waals surface area contributed by atoms with Gasteiger partial charge in [0.25, 0.3) is 0 Å². The molecule has 176 valence electrons. The number of hydrogen-bond acceptors (Lipinski definition) is 8. The largest absolute Gasteiger partial charge is 0.468 e. The van der Waals surface area contributed by atoms with Crippen molar-refractivity contribution in [3.05, 3.63) is 52.9 Å². The molecule has 3 aromatic heterocycles. The van der Waals surface area contributed by atoms with E-state index in [9.17, 15) is 5.11 Å². The highest BCUT2D eigenvalue weighted by Crippen LogP contribution is 2.33. The number of halogens is 1. The van der Waals surface area contributed by atoms with Crippen molar-refractivity contribution >= 4 is 28.5 Å². The topological polar surface area (TPSA) is 138 Å². The average Bonchev–Trinajstić information content (AvgIpc) is 3.38. The molecule has 0 aliphatic heterocycles. The van der Waals surface area contributed by atoms with Crippen molar-refractivity contribution in [2.24, 2.45) is 5.73 Å². The first-order chi connectivity index (χ1) is 16.2. The Morgan fingerprint density at radius 2 is 2.06 bits per heavy atom. The van der Waals surface area contributed by atoms with Crippen LogP contribution >= 0.6 is 11.6 Å². The van der Waals surface area contributed by atoms with Crippen LogP contribution in [0.25, 0.3) is 22.4 Å². The summed E-state index contributed by atoms with van der Waals surface area (Å²) in [6, 6.07) is 9.11. The molecule has 0 bridgehead atoms. The van der Waals surface area contributed by atoms with E-state index >= 15 is 0 Å². The summed E-state index contributed by atoms with van der Waals surface area (Å²) in [6.07, 6.45) is 0.914. The molecule has 0 saturated carbocycles. The van der Waals surface area contributed by atoms with Crippen molar-refractivity contribution < 1.29 is 14.4 Å². The first-order valence-corrected chi connectivity index (χ1v) is 11.1. The summed E-state index contributed by atoms with van der Waals surface area (Å²) in [7, 11) is 0. The second-order valence-electron chi connectivity index (χ2n) is 8.14. The number of nitrogen functional groups attached to an aromatic ring is 1. The predicted octanol–water partition coefficient (Wildman–Crippen LogP) is 3.54. The third-order valence-electron chi connectivity index (χ3n) is 5.08. The standard InChI is InChI=1S/C24H25ClN6O3/c1-4-31-18-11-20(34-19(12-26)14-7-5-6-8-16(14)25)28-17(9-10-24(2,3)32)21(18)29-23(31)15-13-33-30-22(15)27/h5-8,11,13,19,32H,4,12,26H2,1-3H3,(H2,27,30). The minimum atomic E-state index is -1.22. The van der Waals surface area contributed by atoms with Gasteiger partial charge in [-0.2, -0.15) is 0 Å². The van der Waals surface area contributed by atoms with Crippen LogP contribution < -0.4 is 16.2 Å². The smallest absolute Gasteiger partial charge is 0.217 e. The lowest BCUT2D eigenvalue weighted by molar-refractivity contribution is 0.143. The number of hydrogen-bond donors (Lipinski definition) is 3. The zero-order valence-electron chi connectivity index (χ0n) is 19.0. The number of fused-ring (bicyclic) bond motifs is 1. The van der Waals surface area contributed by atoms with Gasteiger partial charge in [-0.15, -0.1) is 0 Å². The number of ether oxygens (including phenoxy) is 1. The fourth-order valence-corrected chi connectivity index (χ4v) is 3.77. The Balaban J connectivity index is 1.90. The maximum absolute atomic E-state index is 10.1. The number of nitrogens with two attached hydrogens (primary N) is 2. The second-order valence-corrected chi connectivity index (χ2v) is 8.55. The number of imidazole rings is 1. The Labute approximate surface area is 201 Å². The van der Waals surface area contributed by atoms with Crippen molar-refractivity contribution in [1.29, 1.82) is 0 Å². The number of anilines is 1. The molecule has 9 nitrogen and oxygen atoms in total. The van der Waals surface area contributed by atoms with Crippen LogP contribution in [0.5, 0.6) is 5.88 Å². The van der Waals surface area contributed by atoms with Gasteiger partial charge in [-0.1, -0.05) is 40.9 Å². The van der Waals surface area contributed by atoms with E-state index in [1.54, 1.807) is 26.0 Å². The van der Waals surface area contributed by atoms with E-state index in [0.29, 0.717) is 40.0 Å². The lowest BCUT2D eigenvalue weighted by Crippen LogP contribution is -2.19. The van der Waals surface area contributed by atoms with Gasteiger partial charge in [0, 0.05) is 29.7 Å². The van der Waals surface area contributed by atoms with E-state index in [1.807, 2.05) is 29.7 Å². The maximum Gasteiger partial charge on any atom is 0.217 e. The summed E-state index contributed by atoms with van der Waals surface area (Å²) in [5.74, 6) is 6.81. The Kier molecular flexibility index (Phi) is 6.48. The molecule has 1 atom stereocenters. The highest BCUT2D eigenvalue weighted by molar-refractivity contribution is 6.31. The van der Waals surface area contributed by atoms with Crippen molar-refractivity contribution in [2.45, 2.75) is 39.0 Å². The van der Waals surface area contributed by atoms with Crippen LogP contribution in [-0.2, 0) is 6.54 Å². The molecule has 1 unspecified atom stereocenters. The number of aryl methyl sites for hydroxylation is 1. The van der Waals surface area contributed by atoms with Crippen molar-refractivity contribution in [2.75, 3.05) is 12.3 Å². The van der Waals surface area contributed by atoms with E-state index in [-0.39, 0.29) is 12.4 Å². The number of rotatable bonds is 6. The van der Waals surface area contributed by atoms with E-state index in [0.717, 1.165) is 11.1 Å². The van der Waals surface area contributed by atoms with Gasteiger partial charge < -0.3 is 30.4 Å². The van der Waals surface area contributed by atoms with E-state index < -0.39 is 11.7 Å². The molecule has 10 heteroatoms. The van der Waals surface area contributed by atoms with Gasteiger partial charge >= 0.3 is 0 Å². The summed E-state index contributed by atoms with van der Waals surface area (Å²) >= 11 is 6.37. The SMILES string of the molecule is CCn1c(-c2conc2N)nc2c(C#CC(C)(C)O)nc(OC(CN)c3ccccc3Cl)cc21. The zero-order chi connectivity index (χ0) is 24.5. The zero-order valence-corrected chi connectivity index (χ0v) is 19.8. The Hall–Kier alpha value is -3.58. The van der Waals surface area contributed by atoms with Gasteiger partial charge in [0.2, 0.25) is 5.88 Å². The van der Waals surface area contributed by atoms with E-state index in [2.05, 4.69) is 22.0 Å².